The predicted molar refractivity (Wildman–Crippen MR) is 157 cm³/mol. The van der Waals surface area contributed by atoms with Crippen LogP contribution in [-0.2, 0) is 16.9 Å². The van der Waals surface area contributed by atoms with E-state index in [0.717, 1.165) is 4.90 Å². The van der Waals surface area contributed by atoms with E-state index in [1.807, 2.05) is 0 Å². The van der Waals surface area contributed by atoms with E-state index in [-0.39, 0.29) is 51.2 Å². The number of aliphatic hydroxyl groups is 2. The minimum Gasteiger partial charge on any atom is -0.507 e. The van der Waals surface area contributed by atoms with Crippen molar-refractivity contribution in [3.8, 4) is 29.4 Å². The van der Waals surface area contributed by atoms with Crippen LogP contribution < -0.4 is 5.32 Å². The summed E-state index contributed by atoms with van der Waals surface area (Å²) in [6.45, 7) is 1.36. The van der Waals surface area contributed by atoms with Gasteiger partial charge in [0.15, 0.2) is 28.9 Å². The molecule has 3 aromatic rings. The molecule has 0 radical (unpaired) electrons. The third kappa shape index (κ3) is 3.30. The second kappa shape index (κ2) is 9.00. The molecule has 5 atom stereocenters. The summed E-state index contributed by atoms with van der Waals surface area (Å²) in [6.07, 6.45) is 0.281. The van der Waals surface area contributed by atoms with Gasteiger partial charge in [-0.05, 0) is 55.0 Å². The smallest absolute Gasteiger partial charge is 0.261 e. The van der Waals surface area contributed by atoms with Crippen molar-refractivity contribution in [2.45, 2.75) is 42.9 Å². The topological polar surface area (TPSA) is 157 Å². The number of anilines is 1. The Kier molecular flexibility index (Phi) is 5.41. The summed E-state index contributed by atoms with van der Waals surface area (Å²) in [7, 11) is 0. The minimum atomic E-state index is -1.68. The maximum atomic E-state index is 14.3. The van der Waals surface area contributed by atoms with Gasteiger partial charge in [0.25, 0.3) is 11.8 Å². The number of phenolic OH excluding ortho intramolecular Hbond substituents is 1. The lowest BCUT2D eigenvalue weighted by atomic mass is 9.69. The third-order valence-electron chi connectivity index (χ3n) is 9.24. The van der Waals surface area contributed by atoms with Gasteiger partial charge < -0.3 is 25.4 Å². The number of hydrogen-bond donors (Lipinski definition) is 4. The van der Waals surface area contributed by atoms with Crippen LogP contribution in [0.3, 0.4) is 0 Å². The zero-order chi connectivity index (χ0) is 31.4. The van der Waals surface area contributed by atoms with Crippen LogP contribution >= 0.6 is 0 Å². The van der Waals surface area contributed by atoms with Crippen molar-refractivity contribution < 1.29 is 39.2 Å². The van der Waals surface area contributed by atoms with Crippen LogP contribution in [0.1, 0.15) is 70.6 Å². The molecule has 3 heterocycles. The van der Waals surface area contributed by atoms with Crippen molar-refractivity contribution in [3.05, 3.63) is 105 Å². The monoisotopic (exact) mass is 598 g/mol. The maximum absolute atomic E-state index is 14.3. The number of benzene rings is 3. The number of carbonyl (C=O) groups excluding carboxylic acids is 4. The van der Waals surface area contributed by atoms with Crippen molar-refractivity contribution >= 4 is 29.1 Å². The molecule has 10 nitrogen and oxygen atoms in total. The molecule has 5 aliphatic rings. The number of phenols is 1. The normalized spacial score (nSPS) is 27.7. The number of carbonyl (C=O) groups is 4. The molecule has 3 aliphatic heterocycles. The van der Waals surface area contributed by atoms with Gasteiger partial charge in [-0.3, -0.25) is 24.1 Å². The molecule has 10 heteroatoms. The van der Waals surface area contributed by atoms with E-state index in [1.165, 1.54) is 37.3 Å². The standard InChI is InChI=1S/C35H22N2O8/c1-17(38)34-25-10-4-2-3-5-11-26(40)35(34,45-34)23-15-24(39)27-28(29(23)36-25)31(42)22-14-18(12-13-19(22)30(27)41)16-37-32(43)20-8-6-7-9-21(20)33(37)44/h2-3,6-9,12-15,17,25-26,36,38-40H,16H2,1H3/b3-2-/t17-,25+,26-,34+,35+/m1/s1. The van der Waals surface area contributed by atoms with Crippen molar-refractivity contribution in [1.82, 2.24) is 4.90 Å². The summed E-state index contributed by atoms with van der Waals surface area (Å²) in [5.41, 5.74) is -2.19. The lowest BCUT2D eigenvalue weighted by Gasteiger charge is -2.37. The SMILES string of the molecule is C[C@@H](O)[C@@]12O[C@]13c1cc(O)c4c(c1N[C@H]2C#C/C=C\C#C[C@H]3O)C(=O)c1cc(CN2C(=O)c3ccccc3C2=O)ccc1C4=O. The lowest BCUT2D eigenvalue weighted by Crippen LogP contribution is -2.54. The van der Waals surface area contributed by atoms with Gasteiger partial charge in [-0.25, -0.2) is 0 Å². The van der Waals surface area contributed by atoms with E-state index in [9.17, 15) is 34.5 Å². The average molecular weight is 599 g/mol. The summed E-state index contributed by atoms with van der Waals surface area (Å²) in [4.78, 5) is 55.2. The van der Waals surface area contributed by atoms with Gasteiger partial charge in [0.2, 0.25) is 0 Å². The van der Waals surface area contributed by atoms with E-state index < -0.39 is 58.6 Å². The van der Waals surface area contributed by atoms with Crippen LogP contribution in [0, 0.1) is 23.7 Å². The highest BCUT2D eigenvalue weighted by atomic mass is 16.7. The molecule has 2 amide bonds. The Labute approximate surface area is 255 Å². The second-order valence-corrected chi connectivity index (χ2v) is 11.5. The van der Waals surface area contributed by atoms with Crippen LogP contribution in [0.15, 0.2) is 60.7 Å². The molecule has 45 heavy (non-hydrogen) atoms. The Morgan fingerprint density at radius 3 is 2.27 bits per heavy atom. The van der Waals surface area contributed by atoms with Crippen LogP contribution in [-0.4, -0.2) is 67.5 Å². The number of hydrogen-bond acceptors (Lipinski definition) is 9. The fourth-order valence-corrected chi connectivity index (χ4v) is 7.15. The third-order valence-corrected chi connectivity index (χ3v) is 9.24. The van der Waals surface area contributed by atoms with Crippen molar-refractivity contribution in [3.63, 3.8) is 0 Å². The number of allylic oxidation sites excluding steroid dienone is 2. The van der Waals surface area contributed by atoms with Gasteiger partial charge in [-0.2, -0.15) is 0 Å². The summed E-state index contributed by atoms with van der Waals surface area (Å²) < 4.78 is 6.19. The molecular weight excluding hydrogens is 576 g/mol. The minimum absolute atomic E-state index is 0.0151. The number of imide groups is 1. The maximum Gasteiger partial charge on any atom is 0.261 e. The highest BCUT2D eigenvalue weighted by Crippen LogP contribution is 2.67. The number of fused-ring (bicyclic) bond motifs is 5. The summed E-state index contributed by atoms with van der Waals surface area (Å²) in [6, 6.07) is 11.3. The number of aromatic hydroxyl groups is 1. The first-order valence-corrected chi connectivity index (χ1v) is 14.2. The van der Waals surface area contributed by atoms with Gasteiger partial charge in [-0.15, -0.1) is 0 Å². The summed E-state index contributed by atoms with van der Waals surface area (Å²) in [5, 5.41) is 36.7. The van der Waals surface area contributed by atoms with Gasteiger partial charge in [0, 0.05) is 16.7 Å². The molecule has 8 rings (SSSR count). The van der Waals surface area contributed by atoms with Crippen LogP contribution in [0.5, 0.6) is 5.75 Å². The molecule has 1 fully saturated rings. The van der Waals surface area contributed by atoms with Crippen LogP contribution in [0.25, 0.3) is 0 Å². The molecule has 220 valence electrons. The van der Waals surface area contributed by atoms with E-state index >= 15 is 0 Å². The zero-order valence-electron chi connectivity index (χ0n) is 23.5. The molecule has 2 aliphatic carbocycles. The fraction of sp³-hybridized carbons (Fsp3) is 0.200. The fourth-order valence-electron chi connectivity index (χ4n) is 7.15. The van der Waals surface area contributed by atoms with E-state index in [1.54, 1.807) is 30.3 Å². The lowest BCUT2D eigenvalue weighted by molar-refractivity contribution is 0.0641. The molecule has 0 saturated carbocycles. The Morgan fingerprint density at radius 2 is 1.58 bits per heavy atom. The van der Waals surface area contributed by atoms with Crippen molar-refractivity contribution in [1.29, 1.82) is 0 Å². The Bertz CT molecular complexity index is 2090. The molecule has 0 spiro atoms. The first-order chi connectivity index (χ1) is 21.6. The summed E-state index contributed by atoms with van der Waals surface area (Å²) in [5.74, 6) is 8.57. The molecule has 4 N–H and O–H groups in total. The zero-order valence-corrected chi connectivity index (χ0v) is 23.5. The Balaban J connectivity index is 1.26. The molecule has 2 bridgehead atoms. The number of rotatable bonds is 3. The van der Waals surface area contributed by atoms with Gasteiger partial charge in [-0.1, -0.05) is 41.9 Å². The van der Waals surface area contributed by atoms with Gasteiger partial charge in [0.05, 0.1) is 40.6 Å². The van der Waals surface area contributed by atoms with E-state index in [4.69, 9.17) is 4.74 Å². The quantitative estimate of drug-likeness (QED) is 0.120. The first-order valence-electron chi connectivity index (χ1n) is 14.2. The largest absolute Gasteiger partial charge is 0.507 e. The molecular formula is C35H22N2O8. The van der Waals surface area contributed by atoms with Gasteiger partial charge in [0.1, 0.15) is 11.8 Å². The summed E-state index contributed by atoms with van der Waals surface area (Å²) >= 11 is 0. The van der Waals surface area contributed by atoms with E-state index in [0.29, 0.717) is 5.56 Å². The highest BCUT2D eigenvalue weighted by molar-refractivity contribution is 6.31. The van der Waals surface area contributed by atoms with Gasteiger partial charge >= 0.3 is 0 Å². The Hall–Kier alpha value is -5.52. The number of epoxide rings is 1. The predicted octanol–water partition coefficient (Wildman–Crippen LogP) is 2.04. The average Bonchev–Trinajstić information content (AvgIpc) is 3.72. The number of nitrogens with zero attached hydrogens (tertiary/aromatic N) is 1. The van der Waals surface area contributed by atoms with Crippen molar-refractivity contribution in [2.24, 2.45) is 0 Å². The highest BCUT2D eigenvalue weighted by Gasteiger charge is 2.82. The molecule has 0 aromatic heterocycles. The second-order valence-electron chi connectivity index (χ2n) is 11.5. The molecule has 3 aromatic carbocycles. The number of ketones is 2. The number of amides is 2. The molecule has 1 saturated heterocycles. The van der Waals surface area contributed by atoms with Crippen LogP contribution in [0.2, 0.25) is 0 Å². The Morgan fingerprint density at radius 1 is 0.911 bits per heavy atom. The molecule has 0 unspecified atom stereocenters. The number of nitrogens with one attached hydrogen (secondary N) is 1. The van der Waals surface area contributed by atoms with E-state index in [2.05, 4.69) is 29.0 Å². The number of aliphatic hydroxyl groups excluding tert-OH is 2. The number of ether oxygens (including phenoxy) is 1. The van der Waals surface area contributed by atoms with Crippen molar-refractivity contribution in [2.75, 3.05) is 5.32 Å². The van der Waals surface area contributed by atoms with Crippen LogP contribution in [0.4, 0.5) is 5.69 Å². The first kappa shape index (κ1) is 27.1.